The fourth-order valence-electron chi connectivity index (χ4n) is 2.11. The number of fused-ring (bicyclic) bond motifs is 1. The van der Waals surface area contributed by atoms with Gasteiger partial charge in [-0.25, -0.2) is 0 Å². The quantitative estimate of drug-likeness (QED) is 0.829. The SMILES string of the molecule is O=C1CNCC(=O)N1Cc1csc2ccccc12. The van der Waals surface area contributed by atoms with Gasteiger partial charge in [0.1, 0.15) is 0 Å². The summed E-state index contributed by atoms with van der Waals surface area (Å²) in [6.45, 7) is 0.866. The van der Waals surface area contributed by atoms with E-state index in [0.717, 1.165) is 10.9 Å². The number of imide groups is 1. The van der Waals surface area contributed by atoms with Crippen LogP contribution in [0.3, 0.4) is 0 Å². The second-order valence-corrected chi connectivity index (χ2v) is 5.15. The van der Waals surface area contributed by atoms with Crippen LogP contribution < -0.4 is 5.32 Å². The molecule has 2 aromatic rings. The van der Waals surface area contributed by atoms with Crippen molar-refractivity contribution in [3.05, 3.63) is 35.2 Å². The molecule has 1 aromatic carbocycles. The third-order valence-corrected chi connectivity index (χ3v) is 4.06. The lowest BCUT2D eigenvalue weighted by Gasteiger charge is -2.25. The van der Waals surface area contributed by atoms with Crippen molar-refractivity contribution in [2.24, 2.45) is 0 Å². The molecule has 1 N–H and O–H groups in total. The number of benzene rings is 1. The summed E-state index contributed by atoms with van der Waals surface area (Å²) < 4.78 is 1.18. The van der Waals surface area contributed by atoms with Gasteiger partial charge in [-0.2, -0.15) is 0 Å². The van der Waals surface area contributed by atoms with Gasteiger partial charge in [0.05, 0.1) is 19.6 Å². The van der Waals surface area contributed by atoms with Crippen LogP contribution in [0.4, 0.5) is 0 Å². The van der Waals surface area contributed by atoms with Crippen molar-refractivity contribution in [1.82, 2.24) is 10.2 Å². The first-order valence-electron chi connectivity index (χ1n) is 5.75. The van der Waals surface area contributed by atoms with Crippen molar-refractivity contribution in [2.45, 2.75) is 6.54 Å². The number of piperazine rings is 1. The molecule has 18 heavy (non-hydrogen) atoms. The van der Waals surface area contributed by atoms with Crippen LogP contribution in [0.15, 0.2) is 29.6 Å². The Labute approximate surface area is 108 Å². The molecule has 0 saturated carbocycles. The minimum atomic E-state index is -0.151. The fraction of sp³-hybridized carbons (Fsp3) is 0.231. The van der Waals surface area contributed by atoms with Crippen molar-refractivity contribution < 1.29 is 9.59 Å². The molecule has 4 nitrogen and oxygen atoms in total. The van der Waals surface area contributed by atoms with Crippen LogP contribution in [0.5, 0.6) is 0 Å². The summed E-state index contributed by atoms with van der Waals surface area (Å²) >= 11 is 1.64. The molecule has 92 valence electrons. The third kappa shape index (κ3) is 1.91. The van der Waals surface area contributed by atoms with E-state index in [2.05, 4.69) is 5.32 Å². The van der Waals surface area contributed by atoms with Gasteiger partial charge in [0.25, 0.3) is 0 Å². The van der Waals surface area contributed by atoms with Gasteiger partial charge in [-0.15, -0.1) is 11.3 Å². The summed E-state index contributed by atoms with van der Waals surface area (Å²) in [6, 6.07) is 8.03. The summed E-state index contributed by atoms with van der Waals surface area (Å²) in [5.41, 5.74) is 1.04. The molecule has 0 bridgehead atoms. The van der Waals surface area contributed by atoms with E-state index in [0.29, 0.717) is 6.54 Å². The highest BCUT2D eigenvalue weighted by molar-refractivity contribution is 7.17. The normalized spacial score (nSPS) is 16.6. The molecule has 5 heteroatoms. The summed E-state index contributed by atoms with van der Waals surface area (Å²) in [4.78, 5) is 24.8. The Balaban J connectivity index is 1.92. The maximum Gasteiger partial charge on any atom is 0.243 e. The van der Waals surface area contributed by atoms with Gasteiger partial charge in [-0.3, -0.25) is 19.8 Å². The lowest BCUT2D eigenvalue weighted by Crippen LogP contribution is -2.51. The van der Waals surface area contributed by atoms with Crippen LogP contribution in [0.2, 0.25) is 0 Å². The Morgan fingerprint density at radius 3 is 2.67 bits per heavy atom. The molecular weight excluding hydrogens is 248 g/mol. The molecular formula is C13H12N2O2S. The molecule has 0 aliphatic carbocycles. The number of nitrogens with zero attached hydrogens (tertiary/aromatic N) is 1. The number of thiophene rings is 1. The highest BCUT2D eigenvalue weighted by Gasteiger charge is 2.26. The summed E-state index contributed by atoms with van der Waals surface area (Å²) in [5, 5.41) is 5.94. The van der Waals surface area contributed by atoms with E-state index in [1.165, 1.54) is 9.60 Å². The van der Waals surface area contributed by atoms with Crippen LogP contribution in [0.25, 0.3) is 10.1 Å². The number of hydrogen-bond donors (Lipinski definition) is 1. The average Bonchev–Trinajstić information content (AvgIpc) is 2.77. The number of hydrogen-bond acceptors (Lipinski definition) is 4. The van der Waals surface area contributed by atoms with Crippen LogP contribution in [0, 0.1) is 0 Å². The lowest BCUT2D eigenvalue weighted by molar-refractivity contribution is -0.147. The monoisotopic (exact) mass is 260 g/mol. The first kappa shape index (κ1) is 11.4. The topological polar surface area (TPSA) is 49.4 Å². The van der Waals surface area contributed by atoms with Crippen LogP contribution in [0.1, 0.15) is 5.56 Å². The number of carbonyl (C=O) groups excluding carboxylic acids is 2. The zero-order valence-corrected chi connectivity index (χ0v) is 10.5. The maximum absolute atomic E-state index is 11.7. The number of amides is 2. The van der Waals surface area contributed by atoms with Crippen LogP contribution >= 0.6 is 11.3 Å². The Kier molecular flexibility index (Phi) is 2.85. The molecule has 1 aliphatic rings. The Bertz CT molecular complexity index is 604. The molecule has 2 amide bonds. The van der Waals surface area contributed by atoms with Gasteiger partial charge in [-0.1, -0.05) is 18.2 Å². The van der Waals surface area contributed by atoms with E-state index in [1.54, 1.807) is 11.3 Å². The number of carbonyl (C=O) groups is 2. The highest BCUT2D eigenvalue weighted by atomic mass is 32.1. The largest absolute Gasteiger partial charge is 0.300 e. The zero-order chi connectivity index (χ0) is 12.5. The summed E-state index contributed by atoms with van der Waals surface area (Å²) in [7, 11) is 0. The molecule has 2 heterocycles. The van der Waals surface area contributed by atoms with E-state index in [1.807, 2.05) is 29.6 Å². The lowest BCUT2D eigenvalue weighted by atomic mass is 10.1. The molecule has 0 atom stereocenters. The Hall–Kier alpha value is -1.72. The van der Waals surface area contributed by atoms with Crippen LogP contribution in [-0.2, 0) is 16.1 Å². The highest BCUT2D eigenvalue weighted by Crippen LogP contribution is 2.26. The number of rotatable bonds is 2. The van der Waals surface area contributed by atoms with Gasteiger partial charge in [0, 0.05) is 4.70 Å². The van der Waals surface area contributed by atoms with E-state index >= 15 is 0 Å². The molecule has 0 spiro atoms. The fourth-order valence-corrected chi connectivity index (χ4v) is 3.06. The molecule has 3 rings (SSSR count). The first-order valence-corrected chi connectivity index (χ1v) is 6.62. The molecule has 0 unspecified atom stereocenters. The van der Waals surface area contributed by atoms with Crippen molar-refractivity contribution in [3.63, 3.8) is 0 Å². The van der Waals surface area contributed by atoms with Gasteiger partial charge in [-0.05, 0) is 22.4 Å². The van der Waals surface area contributed by atoms with Crippen molar-refractivity contribution >= 4 is 33.2 Å². The second-order valence-electron chi connectivity index (χ2n) is 4.23. The molecule has 0 radical (unpaired) electrons. The van der Waals surface area contributed by atoms with E-state index in [4.69, 9.17) is 0 Å². The second kappa shape index (κ2) is 4.51. The molecule has 1 aliphatic heterocycles. The third-order valence-electron chi connectivity index (χ3n) is 3.04. The van der Waals surface area contributed by atoms with E-state index in [9.17, 15) is 9.59 Å². The van der Waals surface area contributed by atoms with Gasteiger partial charge in [0.2, 0.25) is 11.8 Å². The van der Waals surface area contributed by atoms with Gasteiger partial charge < -0.3 is 0 Å². The predicted octanol–water partition coefficient (Wildman–Crippen LogP) is 1.36. The summed E-state index contributed by atoms with van der Waals surface area (Å²) in [6.07, 6.45) is 0. The van der Waals surface area contributed by atoms with Gasteiger partial charge >= 0.3 is 0 Å². The minimum Gasteiger partial charge on any atom is -0.300 e. The maximum atomic E-state index is 11.7. The summed E-state index contributed by atoms with van der Waals surface area (Å²) in [5.74, 6) is -0.303. The van der Waals surface area contributed by atoms with E-state index in [-0.39, 0.29) is 24.9 Å². The zero-order valence-electron chi connectivity index (χ0n) is 9.68. The predicted molar refractivity (Wildman–Crippen MR) is 70.3 cm³/mol. The molecule has 1 fully saturated rings. The smallest absolute Gasteiger partial charge is 0.243 e. The molecule has 1 aromatic heterocycles. The first-order chi connectivity index (χ1) is 8.75. The number of nitrogens with one attached hydrogen (secondary N) is 1. The van der Waals surface area contributed by atoms with Crippen LogP contribution in [-0.4, -0.2) is 29.8 Å². The minimum absolute atomic E-state index is 0.151. The van der Waals surface area contributed by atoms with E-state index < -0.39 is 0 Å². The Morgan fingerprint density at radius 1 is 1.17 bits per heavy atom. The molecule has 1 saturated heterocycles. The standard InChI is InChI=1S/C13H12N2O2S/c16-12-5-14-6-13(17)15(12)7-9-8-18-11-4-2-1-3-10(9)11/h1-4,8,14H,5-7H2. The van der Waals surface area contributed by atoms with Crippen molar-refractivity contribution in [3.8, 4) is 0 Å². The average molecular weight is 260 g/mol. The Morgan fingerprint density at radius 2 is 1.89 bits per heavy atom. The van der Waals surface area contributed by atoms with Gasteiger partial charge in [0.15, 0.2) is 0 Å². The van der Waals surface area contributed by atoms with Crippen molar-refractivity contribution in [2.75, 3.05) is 13.1 Å². The van der Waals surface area contributed by atoms with Crippen molar-refractivity contribution in [1.29, 1.82) is 0 Å².